The van der Waals surface area contributed by atoms with Crippen molar-refractivity contribution in [2.24, 2.45) is 0 Å². The summed E-state index contributed by atoms with van der Waals surface area (Å²) in [7, 11) is 0. The molecule has 3 aromatic heterocycles. The number of nitrogens with one attached hydrogen (secondary N) is 1. The number of aryl methyl sites for hydroxylation is 1. The summed E-state index contributed by atoms with van der Waals surface area (Å²) in [5.74, 6) is 0. The molecule has 19 heavy (non-hydrogen) atoms. The number of H-pyrrole nitrogens is 1. The quantitative estimate of drug-likeness (QED) is 0.738. The Morgan fingerprint density at radius 3 is 2.84 bits per heavy atom. The van der Waals surface area contributed by atoms with Gasteiger partial charge in [-0.2, -0.15) is 0 Å². The van der Waals surface area contributed by atoms with E-state index in [9.17, 15) is 0 Å². The number of nitrogens with zero attached hydrogens (tertiary/aromatic N) is 4. The van der Waals surface area contributed by atoms with Crippen molar-refractivity contribution < 1.29 is 0 Å². The van der Waals surface area contributed by atoms with Gasteiger partial charge in [-0.25, -0.2) is 4.98 Å². The van der Waals surface area contributed by atoms with Gasteiger partial charge >= 0.3 is 0 Å². The number of rotatable bonds is 2. The van der Waals surface area contributed by atoms with Crippen molar-refractivity contribution in [3.05, 3.63) is 45.8 Å². The van der Waals surface area contributed by atoms with Gasteiger partial charge in [0.25, 0.3) is 0 Å². The van der Waals surface area contributed by atoms with E-state index in [0.29, 0.717) is 16.3 Å². The number of hydrogen-bond donors (Lipinski definition) is 1. The second kappa shape index (κ2) is 4.71. The highest BCUT2D eigenvalue weighted by Gasteiger charge is 2.07. The molecule has 0 fully saturated rings. The Kier molecular flexibility index (Phi) is 3.04. The first-order valence-electron chi connectivity index (χ1n) is 5.65. The molecule has 5 nitrogen and oxygen atoms in total. The van der Waals surface area contributed by atoms with Crippen LogP contribution in [-0.4, -0.2) is 24.5 Å². The average Bonchev–Trinajstić information content (AvgIpc) is 2.68. The highest BCUT2D eigenvalue weighted by molar-refractivity contribution is 7.71. The van der Waals surface area contributed by atoms with Crippen LogP contribution < -0.4 is 0 Å². The molecule has 3 rings (SSSR count). The van der Waals surface area contributed by atoms with Gasteiger partial charge in [-0.15, -0.1) is 0 Å². The molecule has 0 aliphatic rings. The van der Waals surface area contributed by atoms with Gasteiger partial charge < -0.3 is 4.98 Å². The molecule has 3 heterocycles. The lowest BCUT2D eigenvalue weighted by molar-refractivity contribution is 0.768. The number of aromatic nitrogens is 5. The molecule has 0 spiro atoms. The standard InChI is InChI=1S/C12H10ClN5S/c1-7-3-15-9(5-14-7)6-18-11-10(17-12(18)19)2-8(13)4-16-11/h2-5H,6H2,1H3,(H,17,19). The minimum Gasteiger partial charge on any atom is -0.329 e. The van der Waals surface area contributed by atoms with Gasteiger partial charge in [0.1, 0.15) is 0 Å². The first-order valence-corrected chi connectivity index (χ1v) is 6.44. The summed E-state index contributed by atoms with van der Waals surface area (Å²) in [6.07, 6.45) is 5.08. The first kappa shape index (κ1) is 12.3. The lowest BCUT2D eigenvalue weighted by atomic mass is 10.4. The molecule has 3 aromatic rings. The van der Waals surface area contributed by atoms with Crippen LogP contribution in [0.3, 0.4) is 0 Å². The molecule has 0 saturated heterocycles. The molecule has 0 aliphatic heterocycles. The van der Waals surface area contributed by atoms with E-state index in [1.165, 1.54) is 0 Å². The Morgan fingerprint density at radius 1 is 1.26 bits per heavy atom. The van der Waals surface area contributed by atoms with E-state index in [1.54, 1.807) is 24.7 Å². The number of aromatic amines is 1. The van der Waals surface area contributed by atoms with E-state index >= 15 is 0 Å². The lowest BCUT2D eigenvalue weighted by Gasteiger charge is -2.03. The molecule has 0 radical (unpaired) electrons. The smallest absolute Gasteiger partial charge is 0.179 e. The Bertz CT molecular complexity index is 790. The Morgan fingerprint density at radius 2 is 2.11 bits per heavy atom. The first-order chi connectivity index (χ1) is 9.13. The third-order valence-corrected chi connectivity index (χ3v) is 3.26. The second-order valence-corrected chi connectivity index (χ2v) is 5.01. The van der Waals surface area contributed by atoms with Crippen molar-refractivity contribution in [2.45, 2.75) is 13.5 Å². The Balaban J connectivity index is 2.07. The molecule has 0 aliphatic carbocycles. The van der Waals surface area contributed by atoms with Gasteiger partial charge in [0, 0.05) is 12.4 Å². The van der Waals surface area contributed by atoms with Crippen molar-refractivity contribution in [2.75, 3.05) is 0 Å². The van der Waals surface area contributed by atoms with Crippen LogP contribution in [0.4, 0.5) is 0 Å². The molecule has 0 atom stereocenters. The molecule has 1 N–H and O–H groups in total. The molecular weight excluding hydrogens is 282 g/mol. The van der Waals surface area contributed by atoms with Crippen LogP contribution in [0.25, 0.3) is 11.2 Å². The molecule has 0 saturated carbocycles. The third-order valence-electron chi connectivity index (χ3n) is 2.73. The fraction of sp³-hybridized carbons (Fsp3) is 0.167. The number of fused-ring (bicyclic) bond motifs is 1. The maximum absolute atomic E-state index is 5.91. The molecule has 0 unspecified atom stereocenters. The van der Waals surface area contributed by atoms with E-state index in [0.717, 1.165) is 22.6 Å². The third kappa shape index (κ3) is 2.36. The topological polar surface area (TPSA) is 59.4 Å². The summed E-state index contributed by atoms with van der Waals surface area (Å²) < 4.78 is 2.47. The second-order valence-electron chi connectivity index (χ2n) is 4.19. The highest BCUT2D eigenvalue weighted by atomic mass is 35.5. The number of imidazole rings is 1. The van der Waals surface area contributed by atoms with Gasteiger partial charge in [-0.1, -0.05) is 11.6 Å². The summed E-state index contributed by atoms with van der Waals surface area (Å²) in [5, 5.41) is 0.575. The molecule has 0 aromatic carbocycles. The Labute approximate surface area is 119 Å². The minimum absolute atomic E-state index is 0.529. The Hall–Kier alpha value is -1.79. The highest BCUT2D eigenvalue weighted by Crippen LogP contribution is 2.17. The summed E-state index contributed by atoms with van der Waals surface area (Å²) in [6.45, 7) is 2.43. The van der Waals surface area contributed by atoms with Crippen molar-refractivity contribution in [3.8, 4) is 0 Å². The fourth-order valence-electron chi connectivity index (χ4n) is 1.83. The summed E-state index contributed by atoms with van der Waals surface area (Å²) in [6, 6.07) is 1.80. The van der Waals surface area contributed by atoms with E-state index < -0.39 is 0 Å². The van der Waals surface area contributed by atoms with Gasteiger partial charge in [-0.3, -0.25) is 14.5 Å². The van der Waals surface area contributed by atoms with Crippen LogP contribution in [0.1, 0.15) is 11.4 Å². The van der Waals surface area contributed by atoms with Crippen LogP contribution in [0.15, 0.2) is 24.7 Å². The van der Waals surface area contributed by atoms with Crippen LogP contribution in [0.5, 0.6) is 0 Å². The molecular formula is C12H10ClN5S. The molecule has 96 valence electrons. The molecule has 7 heteroatoms. The predicted octanol–water partition coefficient (Wildman–Crippen LogP) is 2.89. The van der Waals surface area contributed by atoms with Gasteiger partial charge in [0.05, 0.1) is 34.7 Å². The van der Waals surface area contributed by atoms with Crippen molar-refractivity contribution in [1.82, 2.24) is 24.5 Å². The van der Waals surface area contributed by atoms with Crippen LogP contribution in [-0.2, 0) is 6.54 Å². The van der Waals surface area contributed by atoms with Gasteiger partial charge in [-0.05, 0) is 25.2 Å². The maximum Gasteiger partial charge on any atom is 0.179 e. The van der Waals surface area contributed by atoms with Crippen molar-refractivity contribution in [3.63, 3.8) is 0 Å². The van der Waals surface area contributed by atoms with Crippen LogP contribution >= 0.6 is 23.8 Å². The number of halogens is 1. The van der Waals surface area contributed by atoms with Gasteiger partial charge in [0.2, 0.25) is 0 Å². The van der Waals surface area contributed by atoms with Crippen LogP contribution in [0, 0.1) is 11.7 Å². The van der Waals surface area contributed by atoms with Crippen molar-refractivity contribution >= 4 is 35.0 Å². The van der Waals surface area contributed by atoms with Crippen LogP contribution in [0.2, 0.25) is 5.02 Å². The average molecular weight is 292 g/mol. The van der Waals surface area contributed by atoms with E-state index in [-0.39, 0.29) is 0 Å². The normalized spacial score (nSPS) is 11.1. The number of pyridine rings is 1. The van der Waals surface area contributed by atoms with E-state index in [2.05, 4.69) is 19.9 Å². The van der Waals surface area contributed by atoms with E-state index in [1.807, 2.05) is 11.5 Å². The molecule has 0 amide bonds. The largest absolute Gasteiger partial charge is 0.329 e. The summed E-state index contributed by atoms with van der Waals surface area (Å²) >= 11 is 11.2. The van der Waals surface area contributed by atoms with Gasteiger partial charge in [0.15, 0.2) is 10.4 Å². The maximum atomic E-state index is 5.91. The zero-order chi connectivity index (χ0) is 13.4. The summed E-state index contributed by atoms with van der Waals surface area (Å²) in [5.41, 5.74) is 3.30. The summed E-state index contributed by atoms with van der Waals surface area (Å²) in [4.78, 5) is 15.9. The van der Waals surface area contributed by atoms with E-state index in [4.69, 9.17) is 23.8 Å². The monoisotopic (exact) mass is 291 g/mol. The minimum atomic E-state index is 0.529. The van der Waals surface area contributed by atoms with Crippen molar-refractivity contribution in [1.29, 1.82) is 0 Å². The molecule has 0 bridgehead atoms. The number of hydrogen-bond acceptors (Lipinski definition) is 4. The predicted molar refractivity (Wildman–Crippen MR) is 75.8 cm³/mol. The fourth-order valence-corrected chi connectivity index (χ4v) is 2.25. The lowest BCUT2D eigenvalue weighted by Crippen LogP contribution is -2.03. The zero-order valence-corrected chi connectivity index (χ0v) is 11.7. The SMILES string of the molecule is Cc1cnc(Cn2c(=S)[nH]c3cc(Cl)cnc32)cn1. The zero-order valence-electron chi connectivity index (χ0n) is 10.1.